The predicted molar refractivity (Wildman–Crippen MR) is 95.9 cm³/mol. The molecule has 5 nitrogen and oxygen atoms in total. The monoisotopic (exact) mass is 384 g/mol. The van der Waals surface area contributed by atoms with Crippen LogP contribution >= 0.6 is 11.6 Å². The van der Waals surface area contributed by atoms with E-state index in [-0.39, 0.29) is 21.2 Å². The van der Waals surface area contributed by atoms with Crippen molar-refractivity contribution in [3.05, 3.63) is 58.9 Å². The van der Waals surface area contributed by atoms with Gasteiger partial charge in [0.05, 0.1) is 10.5 Å². The number of carbonyl (C=O) groups is 1. The van der Waals surface area contributed by atoms with Crippen LogP contribution < -0.4 is 10.0 Å². The van der Waals surface area contributed by atoms with Crippen molar-refractivity contribution in [3.8, 4) is 0 Å². The quantitative estimate of drug-likeness (QED) is 0.841. The van der Waals surface area contributed by atoms with Crippen molar-refractivity contribution < 1.29 is 17.6 Å². The summed E-state index contributed by atoms with van der Waals surface area (Å²) in [6.45, 7) is 5.17. The molecule has 0 saturated carbocycles. The highest BCUT2D eigenvalue weighted by Crippen LogP contribution is 2.20. The van der Waals surface area contributed by atoms with Gasteiger partial charge in [0.25, 0.3) is 5.91 Å². The molecule has 0 fully saturated rings. The van der Waals surface area contributed by atoms with Crippen LogP contribution in [0.25, 0.3) is 0 Å². The first-order valence-electron chi connectivity index (χ1n) is 7.38. The molecule has 0 unspecified atom stereocenters. The number of hydrogen-bond donors (Lipinski definition) is 2. The first-order valence-corrected chi connectivity index (χ1v) is 9.24. The largest absolute Gasteiger partial charge is 0.322 e. The normalized spacial score (nSPS) is 12.0. The van der Waals surface area contributed by atoms with Gasteiger partial charge in [0.2, 0.25) is 10.0 Å². The molecule has 2 aromatic carbocycles. The number of sulfonamides is 1. The first kappa shape index (κ1) is 19.4. The summed E-state index contributed by atoms with van der Waals surface area (Å²) in [5.41, 5.74) is -0.605. The lowest BCUT2D eigenvalue weighted by molar-refractivity contribution is 0.102. The summed E-state index contributed by atoms with van der Waals surface area (Å²) in [7, 11) is -3.75. The zero-order valence-corrected chi connectivity index (χ0v) is 15.5. The topological polar surface area (TPSA) is 75.3 Å². The number of halogens is 2. The van der Waals surface area contributed by atoms with Gasteiger partial charge in [-0.15, -0.1) is 0 Å². The van der Waals surface area contributed by atoms with Gasteiger partial charge in [0.15, 0.2) is 0 Å². The van der Waals surface area contributed by atoms with Crippen LogP contribution in [0, 0.1) is 5.82 Å². The lowest BCUT2D eigenvalue weighted by Gasteiger charge is -2.20. The molecule has 134 valence electrons. The second-order valence-electron chi connectivity index (χ2n) is 6.46. The summed E-state index contributed by atoms with van der Waals surface area (Å²) in [4.78, 5) is 12.2. The smallest absolute Gasteiger partial charge is 0.258 e. The maximum atomic E-state index is 13.8. The molecule has 25 heavy (non-hydrogen) atoms. The third kappa shape index (κ3) is 5.26. The van der Waals surface area contributed by atoms with Gasteiger partial charge in [-0.25, -0.2) is 17.5 Å². The van der Waals surface area contributed by atoms with Crippen LogP contribution in [0.1, 0.15) is 31.1 Å². The zero-order chi connectivity index (χ0) is 18.8. The Labute approximate surface area is 151 Å². The Morgan fingerprint density at radius 3 is 2.40 bits per heavy atom. The van der Waals surface area contributed by atoms with Crippen molar-refractivity contribution in [2.75, 3.05) is 5.32 Å². The molecule has 0 saturated heterocycles. The van der Waals surface area contributed by atoms with E-state index < -0.39 is 27.3 Å². The van der Waals surface area contributed by atoms with Crippen LogP contribution in [0.4, 0.5) is 10.1 Å². The number of anilines is 1. The fourth-order valence-corrected chi connectivity index (χ4v) is 3.70. The Morgan fingerprint density at radius 2 is 1.80 bits per heavy atom. The summed E-state index contributed by atoms with van der Waals surface area (Å²) >= 11 is 5.66. The number of hydrogen-bond acceptors (Lipinski definition) is 3. The fourth-order valence-electron chi connectivity index (χ4n) is 2.08. The maximum Gasteiger partial charge on any atom is 0.258 e. The summed E-state index contributed by atoms with van der Waals surface area (Å²) in [6.07, 6.45) is 0. The van der Waals surface area contributed by atoms with Crippen LogP contribution in [-0.2, 0) is 10.0 Å². The van der Waals surface area contributed by atoms with Crippen LogP contribution in [0.15, 0.2) is 47.4 Å². The van der Waals surface area contributed by atoms with Crippen molar-refractivity contribution in [3.63, 3.8) is 0 Å². The van der Waals surface area contributed by atoms with Crippen LogP contribution in [0.2, 0.25) is 5.02 Å². The predicted octanol–water partition coefficient (Wildman–Crippen LogP) is 3.81. The van der Waals surface area contributed by atoms with Gasteiger partial charge in [0.1, 0.15) is 5.82 Å². The number of nitrogens with one attached hydrogen (secondary N) is 2. The highest BCUT2D eigenvalue weighted by molar-refractivity contribution is 7.89. The summed E-state index contributed by atoms with van der Waals surface area (Å²) in [5.74, 6) is -1.46. The molecule has 0 aromatic heterocycles. The SMILES string of the molecule is CC(C)(C)NS(=O)(=O)c1cccc(NC(=O)c2ccc(Cl)cc2F)c1. The molecule has 2 aromatic rings. The lowest BCUT2D eigenvalue weighted by Crippen LogP contribution is -2.40. The molecular formula is C17H18ClFN2O3S. The van der Waals surface area contributed by atoms with E-state index in [1.54, 1.807) is 20.8 Å². The first-order chi connectivity index (χ1) is 11.5. The van der Waals surface area contributed by atoms with E-state index in [1.807, 2.05) is 0 Å². The highest BCUT2D eigenvalue weighted by Gasteiger charge is 2.22. The minimum Gasteiger partial charge on any atom is -0.322 e. The Kier molecular flexibility index (Phi) is 5.51. The molecule has 1 amide bonds. The molecule has 2 N–H and O–H groups in total. The Morgan fingerprint density at radius 1 is 1.12 bits per heavy atom. The molecular weight excluding hydrogens is 367 g/mol. The molecule has 0 atom stereocenters. The average Bonchev–Trinajstić information content (AvgIpc) is 2.44. The molecule has 0 spiro atoms. The molecule has 0 bridgehead atoms. The van der Waals surface area contributed by atoms with E-state index >= 15 is 0 Å². The van der Waals surface area contributed by atoms with Gasteiger partial charge >= 0.3 is 0 Å². The molecule has 8 heteroatoms. The van der Waals surface area contributed by atoms with Crippen molar-refractivity contribution in [1.29, 1.82) is 0 Å². The van der Waals surface area contributed by atoms with Gasteiger partial charge < -0.3 is 5.32 Å². The Hall–Kier alpha value is -1.96. The van der Waals surface area contributed by atoms with E-state index in [0.29, 0.717) is 0 Å². The molecule has 2 rings (SSSR count). The van der Waals surface area contributed by atoms with Crippen molar-refractivity contribution in [2.24, 2.45) is 0 Å². The van der Waals surface area contributed by atoms with E-state index in [0.717, 1.165) is 6.07 Å². The molecule has 0 aliphatic carbocycles. The fraction of sp³-hybridized carbons (Fsp3) is 0.235. The minimum atomic E-state index is -3.75. The molecule has 0 aliphatic rings. The van der Waals surface area contributed by atoms with Gasteiger partial charge in [0, 0.05) is 16.2 Å². The molecule has 0 heterocycles. The van der Waals surface area contributed by atoms with Crippen molar-refractivity contribution in [1.82, 2.24) is 4.72 Å². The van der Waals surface area contributed by atoms with E-state index in [4.69, 9.17) is 11.6 Å². The van der Waals surface area contributed by atoms with Gasteiger partial charge in [-0.1, -0.05) is 17.7 Å². The molecule has 0 aliphatic heterocycles. The standard InChI is InChI=1S/C17H18ClFN2O3S/c1-17(2,3)21-25(23,24)13-6-4-5-12(10-13)20-16(22)14-8-7-11(18)9-15(14)19/h4-10,21H,1-3H3,(H,20,22). The van der Waals surface area contributed by atoms with E-state index in [1.165, 1.54) is 36.4 Å². The van der Waals surface area contributed by atoms with Gasteiger partial charge in [-0.2, -0.15) is 0 Å². The van der Waals surface area contributed by atoms with E-state index in [9.17, 15) is 17.6 Å². The van der Waals surface area contributed by atoms with Gasteiger partial charge in [-0.05, 0) is 57.2 Å². The second-order valence-corrected chi connectivity index (χ2v) is 8.58. The van der Waals surface area contributed by atoms with Crippen LogP contribution in [0.3, 0.4) is 0 Å². The maximum absolute atomic E-state index is 13.8. The van der Waals surface area contributed by atoms with Crippen LogP contribution in [-0.4, -0.2) is 19.9 Å². The third-order valence-corrected chi connectivity index (χ3v) is 5.01. The molecule has 0 radical (unpaired) electrons. The number of benzene rings is 2. The minimum absolute atomic E-state index is 0.00296. The second kappa shape index (κ2) is 7.11. The Bertz CT molecular complexity index is 908. The van der Waals surface area contributed by atoms with E-state index in [2.05, 4.69) is 10.0 Å². The lowest BCUT2D eigenvalue weighted by atomic mass is 10.1. The zero-order valence-electron chi connectivity index (χ0n) is 13.9. The third-order valence-electron chi connectivity index (χ3n) is 3.02. The summed E-state index contributed by atoms with van der Waals surface area (Å²) in [6, 6.07) is 9.41. The average molecular weight is 385 g/mol. The Balaban J connectivity index is 2.26. The summed E-state index contributed by atoms with van der Waals surface area (Å²) in [5, 5.41) is 2.66. The van der Waals surface area contributed by atoms with Gasteiger partial charge in [-0.3, -0.25) is 4.79 Å². The highest BCUT2D eigenvalue weighted by atomic mass is 35.5. The van der Waals surface area contributed by atoms with Crippen molar-refractivity contribution in [2.45, 2.75) is 31.2 Å². The van der Waals surface area contributed by atoms with Crippen molar-refractivity contribution >= 4 is 33.2 Å². The van der Waals surface area contributed by atoms with Crippen LogP contribution in [0.5, 0.6) is 0 Å². The number of amides is 1. The number of carbonyl (C=O) groups excluding carboxylic acids is 1. The summed E-state index contributed by atoms with van der Waals surface area (Å²) < 4.78 is 41.0. The number of rotatable bonds is 4.